The molecule has 3 aromatic rings. The summed E-state index contributed by atoms with van der Waals surface area (Å²) in [5, 5.41) is 11.0. The van der Waals surface area contributed by atoms with Crippen molar-refractivity contribution < 1.29 is 28.3 Å². The number of aromatic nitrogens is 3. The molecule has 2 aromatic heterocycles. The summed E-state index contributed by atoms with van der Waals surface area (Å²) in [6.45, 7) is -0.560. The van der Waals surface area contributed by atoms with Crippen LogP contribution in [-0.2, 0) is 14.1 Å². The van der Waals surface area contributed by atoms with E-state index < -0.39 is 33.0 Å². The average molecular weight is 521 g/mol. The number of fused-ring (bicyclic) bond motifs is 1. The van der Waals surface area contributed by atoms with Gasteiger partial charge in [0.15, 0.2) is 5.65 Å². The molecule has 1 aliphatic heterocycles. The minimum absolute atomic E-state index is 0.145. The number of carbonyl (C=O) groups excluding carboxylic acids is 2. The number of amides is 2. The Kier molecular flexibility index (Phi) is 6.39. The third kappa shape index (κ3) is 5.12. The van der Waals surface area contributed by atoms with Crippen LogP contribution in [0.1, 0.15) is 24.8 Å². The normalized spacial score (nSPS) is 17.3. The van der Waals surface area contributed by atoms with Gasteiger partial charge in [0, 0.05) is 28.3 Å². The molecule has 0 atom stereocenters. The van der Waals surface area contributed by atoms with Gasteiger partial charge in [0.2, 0.25) is 5.91 Å². The Morgan fingerprint density at radius 3 is 2.83 bits per heavy atom. The number of halogens is 2. The van der Waals surface area contributed by atoms with Gasteiger partial charge in [-0.05, 0) is 37.1 Å². The van der Waals surface area contributed by atoms with Crippen molar-refractivity contribution in [3.63, 3.8) is 0 Å². The fourth-order valence-corrected chi connectivity index (χ4v) is 3.97. The van der Waals surface area contributed by atoms with Crippen LogP contribution >= 0.6 is 20.2 Å². The summed E-state index contributed by atoms with van der Waals surface area (Å²) in [7, 11) is -2.71. The van der Waals surface area contributed by atoms with E-state index in [4.69, 9.17) is 21.4 Å². The van der Waals surface area contributed by atoms with Gasteiger partial charge in [0.05, 0.1) is 18.3 Å². The summed E-state index contributed by atoms with van der Waals surface area (Å²) in [5.41, 5.74) is 1.15. The third-order valence-corrected chi connectivity index (χ3v) is 6.00. The van der Waals surface area contributed by atoms with Gasteiger partial charge in [0.25, 0.3) is 5.91 Å². The van der Waals surface area contributed by atoms with Crippen molar-refractivity contribution in [1.82, 2.24) is 19.5 Å². The number of hydrogen-bond acceptors (Lipinski definition) is 9. The highest BCUT2D eigenvalue weighted by atomic mass is 35.5. The van der Waals surface area contributed by atoms with Crippen LogP contribution in [0.4, 0.5) is 21.7 Å². The van der Waals surface area contributed by atoms with E-state index in [0.717, 1.165) is 17.7 Å². The summed E-state index contributed by atoms with van der Waals surface area (Å²) in [5.74, 6) is -0.703. The Labute approximate surface area is 204 Å². The van der Waals surface area contributed by atoms with E-state index >= 15 is 0 Å². The largest absolute Gasteiger partial charge is 0.367 e. The van der Waals surface area contributed by atoms with E-state index in [0.29, 0.717) is 27.9 Å². The van der Waals surface area contributed by atoms with Crippen LogP contribution in [0.15, 0.2) is 36.0 Å². The van der Waals surface area contributed by atoms with Gasteiger partial charge in [0.1, 0.15) is 24.2 Å². The van der Waals surface area contributed by atoms with E-state index in [9.17, 15) is 14.0 Å². The third-order valence-electron chi connectivity index (χ3n) is 5.41. The maximum atomic E-state index is 14.3. The SMILES string of the molecule is O=C1C/C(=C\c2cnn3c(NC4CC4)cc(Nc4cc(Cl)ccc4F)nc23)C(=O)N1COP(O)O. The van der Waals surface area contributed by atoms with Crippen LogP contribution < -0.4 is 10.6 Å². The molecule has 2 aliphatic rings. The minimum atomic E-state index is -2.71. The first kappa shape index (κ1) is 23.6. The summed E-state index contributed by atoms with van der Waals surface area (Å²) >= 11 is 6.01. The Hall–Kier alpha value is -3.15. The lowest BCUT2D eigenvalue weighted by molar-refractivity contribution is -0.140. The van der Waals surface area contributed by atoms with Crippen molar-refractivity contribution in [1.29, 1.82) is 0 Å². The second kappa shape index (κ2) is 9.48. The molecule has 35 heavy (non-hydrogen) atoms. The summed E-state index contributed by atoms with van der Waals surface area (Å²) in [6.07, 6.45) is 4.83. The highest BCUT2D eigenvalue weighted by molar-refractivity contribution is 7.39. The maximum absolute atomic E-state index is 14.3. The van der Waals surface area contributed by atoms with E-state index in [1.807, 2.05) is 0 Å². The van der Waals surface area contributed by atoms with E-state index in [-0.39, 0.29) is 23.7 Å². The molecular formula is C21H19ClFN6O5P. The summed E-state index contributed by atoms with van der Waals surface area (Å²) in [4.78, 5) is 48.0. The Bertz CT molecular complexity index is 1360. The van der Waals surface area contributed by atoms with Crippen LogP contribution in [0.3, 0.4) is 0 Å². The smallest absolute Gasteiger partial charge is 0.328 e. The number of nitrogens with zero attached hydrogens (tertiary/aromatic N) is 4. The van der Waals surface area contributed by atoms with Gasteiger partial charge in [-0.1, -0.05) is 11.6 Å². The molecule has 5 rings (SSSR count). The van der Waals surface area contributed by atoms with Crippen molar-refractivity contribution in [2.75, 3.05) is 17.4 Å². The van der Waals surface area contributed by atoms with Gasteiger partial charge >= 0.3 is 8.60 Å². The van der Waals surface area contributed by atoms with Crippen molar-refractivity contribution in [3.8, 4) is 0 Å². The quantitative estimate of drug-likeness (QED) is 0.200. The molecule has 1 saturated heterocycles. The topological polar surface area (TPSA) is 141 Å². The van der Waals surface area contributed by atoms with Gasteiger partial charge < -0.3 is 20.4 Å². The zero-order valence-electron chi connectivity index (χ0n) is 18.0. The Balaban J connectivity index is 1.50. The van der Waals surface area contributed by atoms with Crippen LogP contribution in [0.25, 0.3) is 11.7 Å². The predicted octanol–water partition coefficient (Wildman–Crippen LogP) is 3.17. The number of rotatable bonds is 8. The molecule has 4 N–H and O–H groups in total. The monoisotopic (exact) mass is 520 g/mol. The number of anilines is 3. The molecule has 1 aliphatic carbocycles. The molecule has 182 valence electrons. The van der Waals surface area contributed by atoms with Gasteiger partial charge in [-0.15, -0.1) is 0 Å². The predicted molar refractivity (Wildman–Crippen MR) is 126 cm³/mol. The lowest BCUT2D eigenvalue weighted by atomic mass is 10.1. The maximum Gasteiger partial charge on any atom is 0.328 e. The zero-order chi connectivity index (χ0) is 24.7. The first-order valence-corrected chi connectivity index (χ1v) is 12.1. The van der Waals surface area contributed by atoms with Gasteiger partial charge in [-0.25, -0.2) is 9.37 Å². The average Bonchev–Trinajstić information content (AvgIpc) is 3.47. The van der Waals surface area contributed by atoms with E-state index in [2.05, 4.69) is 25.2 Å². The fourth-order valence-electron chi connectivity index (χ4n) is 3.58. The highest BCUT2D eigenvalue weighted by Crippen LogP contribution is 2.31. The molecule has 14 heteroatoms. The molecule has 0 radical (unpaired) electrons. The molecule has 11 nitrogen and oxygen atoms in total. The lowest BCUT2D eigenvalue weighted by Crippen LogP contribution is -2.31. The van der Waals surface area contributed by atoms with Crippen LogP contribution in [0.5, 0.6) is 0 Å². The standard InChI is InChI=1S/C21H19ClFN6O5P/c22-13-1-4-15(23)16(7-13)26-17-8-18(25-14-2-3-14)29-20(27-17)12(9-24-29)5-11-6-19(30)28(21(11)31)10-34-35(32)33/h1,4-5,7-9,14,25,32-33H,2-3,6,10H2,(H,26,27)/b11-5+. The molecule has 2 fully saturated rings. The molecule has 0 unspecified atom stereocenters. The van der Waals surface area contributed by atoms with Crippen molar-refractivity contribution in [3.05, 3.63) is 52.4 Å². The first-order chi connectivity index (χ1) is 16.8. The van der Waals surface area contributed by atoms with Gasteiger partial charge in [-0.3, -0.25) is 19.0 Å². The Morgan fingerprint density at radius 1 is 1.29 bits per heavy atom. The molecule has 1 saturated carbocycles. The minimum Gasteiger partial charge on any atom is -0.367 e. The summed E-state index contributed by atoms with van der Waals surface area (Å²) < 4.78 is 20.5. The van der Waals surface area contributed by atoms with Crippen LogP contribution in [0, 0.1) is 5.82 Å². The molecule has 0 spiro atoms. The summed E-state index contributed by atoms with van der Waals surface area (Å²) in [6, 6.07) is 6.11. The van der Waals surface area contributed by atoms with Crippen molar-refractivity contribution in [2.45, 2.75) is 25.3 Å². The van der Waals surface area contributed by atoms with E-state index in [1.165, 1.54) is 30.5 Å². The second-order valence-corrected chi connectivity index (χ2v) is 9.21. The second-order valence-electron chi connectivity index (χ2n) is 8.01. The lowest BCUT2D eigenvalue weighted by Gasteiger charge is -2.13. The van der Waals surface area contributed by atoms with Crippen LogP contribution in [-0.4, -0.2) is 53.9 Å². The first-order valence-electron chi connectivity index (χ1n) is 10.5. The highest BCUT2D eigenvalue weighted by Gasteiger charge is 2.34. The molecule has 1 aromatic carbocycles. The number of carbonyl (C=O) groups is 2. The van der Waals surface area contributed by atoms with Crippen LogP contribution in [0.2, 0.25) is 5.02 Å². The fraction of sp³-hybridized carbons (Fsp3) is 0.238. The number of benzene rings is 1. The van der Waals surface area contributed by atoms with E-state index in [1.54, 1.807) is 10.6 Å². The molecule has 0 bridgehead atoms. The number of hydrogen-bond donors (Lipinski definition) is 4. The van der Waals surface area contributed by atoms with Gasteiger partial charge in [-0.2, -0.15) is 9.61 Å². The Morgan fingerprint density at radius 2 is 2.09 bits per heavy atom. The molecule has 2 amide bonds. The zero-order valence-corrected chi connectivity index (χ0v) is 19.6. The molecule has 3 heterocycles. The van der Waals surface area contributed by atoms with Crippen molar-refractivity contribution >= 4 is 61.1 Å². The number of likely N-dealkylation sites (tertiary alicyclic amines) is 1. The number of imide groups is 1. The number of nitrogens with one attached hydrogen (secondary N) is 2. The molecular weight excluding hydrogens is 502 g/mol. The van der Waals surface area contributed by atoms with Crippen molar-refractivity contribution in [2.24, 2.45) is 0 Å².